The average molecular weight is 347 g/mol. The minimum Gasteiger partial charge on any atom is -0.376 e. The van der Waals surface area contributed by atoms with Gasteiger partial charge in [0.2, 0.25) is 0 Å². The summed E-state index contributed by atoms with van der Waals surface area (Å²) in [7, 11) is 1.55. The first-order chi connectivity index (χ1) is 11.4. The van der Waals surface area contributed by atoms with Crippen LogP contribution in [0, 0.1) is 13.8 Å². The summed E-state index contributed by atoms with van der Waals surface area (Å²) in [6.45, 7) is 5.63. The monoisotopic (exact) mass is 347 g/mol. The van der Waals surface area contributed by atoms with Gasteiger partial charge in [-0.3, -0.25) is 19.8 Å². The van der Waals surface area contributed by atoms with E-state index in [1.54, 1.807) is 13.1 Å². The molecule has 1 atom stereocenters. The highest BCUT2D eigenvalue weighted by molar-refractivity contribution is 7.80. The molecule has 0 aliphatic carbocycles. The van der Waals surface area contributed by atoms with E-state index >= 15 is 0 Å². The van der Waals surface area contributed by atoms with Gasteiger partial charge < -0.3 is 9.30 Å². The molecule has 1 N–H and O–H groups in total. The zero-order valence-corrected chi connectivity index (χ0v) is 14.9. The van der Waals surface area contributed by atoms with Crippen LogP contribution in [0.4, 0.5) is 0 Å². The Morgan fingerprint density at radius 2 is 2.17 bits per heavy atom. The summed E-state index contributed by atoms with van der Waals surface area (Å²) >= 11 is 4.96. The maximum Gasteiger partial charge on any atom is 0.265 e. The molecule has 7 heteroatoms. The van der Waals surface area contributed by atoms with E-state index < -0.39 is 5.91 Å². The fraction of sp³-hybridized carbons (Fsp3) is 0.471. The lowest BCUT2D eigenvalue weighted by Gasteiger charge is -2.25. The molecule has 128 valence electrons. The standard InChI is InChI=1S/C17H21N3O3S/c1-10-7-12(11(2)20(10)9-13-5-4-6-23-13)8-14-15(21)18-17(24)19(3)16(14)22/h7-8,13H,4-6,9H2,1-3H3,(H,18,21,24)/b14-8-/t13-/m0/s1. The normalized spacial score (nSPS) is 23.3. The predicted octanol–water partition coefficient (Wildman–Crippen LogP) is 1.54. The Morgan fingerprint density at radius 3 is 2.83 bits per heavy atom. The lowest BCUT2D eigenvalue weighted by atomic mass is 10.1. The van der Waals surface area contributed by atoms with Crippen LogP contribution >= 0.6 is 12.2 Å². The van der Waals surface area contributed by atoms with Gasteiger partial charge >= 0.3 is 0 Å². The Kier molecular flexibility index (Phi) is 4.56. The molecule has 2 amide bonds. The van der Waals surface area contributed by atoms with E-state index in [0.29, 0.717) is 0 Å². The molecule has 2 aliphatic heterocycles. The van der Waals surface area contributed by atoms with Crippen molar-refractivity contribution in [2.75, 3.05) is 13.7 Å². The molecule has 0 saturated carbocycles. The van der Waals surface area contributed by atoms with Gasteiger partial charge in [-0.25, -0.2) is 0 Å². The second kappa shape index (κ2) is 6.49. The number of carbonyl (C=O) groups excluding carboxylic acids is 2. The number of aromatic nitrogens is 1. The van der Waals surface area contributed by atoms with E-state index in [4.69, 9.17) is 17.0 Å². The quantitative estimate of drug-likeness (QED) is 0.512. The maximum absolute atomic E-state index is 12.3. The number of nitrogens with zero attached hydrogens (tertiary/aromatic N) is 2. The minimum absolute atomic E-state index is 0.100. The molecular formula is C17H21N3O3S. The van der Waals surface area contributed by atoms with Gasteiger partial charge in [-0.2, -0.15) is 0 Å². The van der Waals surface area contributed by atoms with Crippen LogP contribution in [0.5, 0.6) is 0 Å². The topological polar surface area (TPSA) is 63.6 Å². The van der Waals surface area contributed by atoms with Crippen LogP contribution in [0.25, 0.3) is 6.08 Å². The number of ether oxygens (including phenoxy) is 1. The molecule has 2 fully saturated rings. The minimum atomic E-state index is -0.452. The van der Waals surface area contributed by atoms with Crippen molar-refractivity contribution < 1.29 is 14.3 Å². The average Bonchev–Trinajstić information content (AvgIpc) is 3.13. The summed E-state index contributed by atoms with van der Waals surface area (Å²) in [4.78, 5) is 25.7. The summed E-state index contributed by atoms with van der Waals surface area (Å²) in [5.74, 6) is -0.834. The molecule has 3 heterocycles. The number of rotatable bonds is 3. The van der Waals surface area contributed by atoms with Crippen molar-refractivity contribution in [2.24, 2.45) is 0 Å². The number of aryl methyl sites for hydroxylation is 1. The molecule has 0 aromatic carbocycles. The fourth-order valence-corrected chi connectivity index (χ4v) is 3.32. The highest BCUT2D eigenvalue weighted by atomic mass is 32.1. The third-order valence-corrected chi connectivity index (χ3v) is 5.00. The Labute approximate surface area is 146 Å². The third-order valence-electron chi connectivity index (χ3n) is 4.63. The predicted molar refractivity (Wildman–Crippen MR) is 94.4 cm³/mol. The van der Waals surface area contributed by atoms with Crippen LogP contribution in [0.15, 0.2) is 11.6 Å². The van der Waals surface area contributed by atoms with Crippen LogP contribution < -0.4 is 5.32 Å². The largest absolute Gasteiger partial charge is 0.376 e. The number of carbonyl (C=O) groups is 2. The van der Waals surface area contributed by atoms with Crippen molar-refractivity contribution in [3.8, 4) is 0 Å². The van der Waals surface area contributed by atoms with Gasteiger partial charge in [0.25, 0.3) is 11.8 Å². The van der Waals surface area contributed by atoms with E-state index in [-0.39, 0.29) is 22.7 Å². The van der Waals surface area contributed by atoms with Crippen molar-refractivity contribution in [1.82, 2.24) is 14.8 Å². The van der Waals surface area contributed by atoms with Gasteiger partial charge in [0.05, 0.1) is 6.10 Å². The third kappa shape index (κ3) is 3.01. The lowest BCUT2D eigenvalue weighted by molar-refractivity contribution is -0.128. The molecular weight excluding hydrogens is 326 g/mol. The molecule has 1 aromatic heterocycles. The Bertz CT molecular complexity index is 745. The summed E-state index contributed by atoms with van der Waals surface area (Å²) < 4.78 is 7.89. The van der Waals surface area contributed by atoms with Crippen molar-refractivity contribution in [2.45, 2.75) is 39.3 Å². The smallest absolute Gasteiger partial charge is 0.265 e. The number of nitrogens with one attached hydrogen (secondary N) is 1. The number of hydrogen-bond acceptors (Lipinski definition) is 4. The Morgan fingerprint density at radius 1 is 1.42 bits per heavy atom. The summed E-state index contributed by atoms with van der Waals surface area (Å²) in [6, 6.07) is 1.99. The first kappa shape index (κ1) is 16.9. The van der Waals surface area contributed by atoms with Gasteiger partial charge in [0, 0.05) is 31.6 Å². The van der Waals surface area contributed by atoms with Crippen LogP contribution in [0.2, 0.25) is 0 Å². The lowest BCUT2D eigenvalue weighted by Crippen LogP contribution is -2.52. The SMILES string of the molecule is Cc1cc(/C=C2/C(=O)NC(=S)N(C)C2=O)c(C)n1C[C@@H]1CCCO1. The number of hydrogen-bond donors (Lipinski definition) is 1. The molecule has 3 rings (SSSR count). The highest BCUT2D eigenvalue weighted by Gasteiger charge is 2.31. The van der Waals surface area contributed by atoms with Crippen molar-refractivity contribution in [3.05, 3.63) is 28.6 Å². The molecule has 0 radical (unpaired) electrons. The molecule has 0 spiro atoms. The molecule has 24 heavy (non-hydrogen) atoms. The van der Waals surface area contributed by atoms with E-state index in [1.807, 2.05) is 19.9 Å². The van der Waals surface area contributed by atoms with Crippen LogP contribution in [0.1, 0.15) is 29.8 Å². The van der Waals surface area contributed by atoms with Crippen LogP contribution in [-0.2, 0) is 20.9 Å². The summed E-state index contributed by atoms with van der Waals surface area (Å²) in [6.07, 6.45) is 4.04. The molecule has 2 aliphatic rings. The van der Waals surface area contributed by atoms with E-state index in [9.17, 15) is 9.59 Å². The zero-order valence-electron chi connectivity index (χ0n) is 14.1. The maximum atomic E-state index is 12.3. The zero-order chi connectivity index (χ0) is 17.4. The Balaban J connectivity index is 1.91. The Hall–Kier alpha value is -1.99. The van der Waals surface area contributed by atoms with Gasteiger partial charge in [0.15, 0.2) is 5.11 Å². The van der Waals surface area contributed by atoms with Crippen molar-refractivity contribution >= 4 is 35.2 Å². The first-order valence-electron chi connectivity index (χ1n) is 8.02. The highest BCUT2D eigenvalue weighted by Crippen LogP contribution is 2.23. The van der Waals surface area contributed by atoms with E-state index in [2.05, 4.69) is 9.88 Å². The second-order valence-corrected chi connectivity index (χ2v) is 6.64. The van der Waals surface area contributed by atoms with Crippen molar-refractivity contribution in [3.63, 3.8) is 0 Å². The molecule has 1 aromatic rings. The second-order valence-electron chi connectivity index (χ2n) is 6.25. The number of likely N-dealkylation sites (N-methyl/N-ethyl adjacent to an activating group) is 1. The molecule has 6 nitrogen and oxygen atoms in total. The van der Waals surface area contributed by atoms with Gasteiger partial charge in [-0.1, -0.05) is 0 Å². The molecule has 2 saturated heterocycles. The van der Waals surface area contributed by atoms with Crippen molar-refractivity contribution in [1.29, 1.82) is 0 Å². The van der Waals surface area contributed by atoms with Gasteiger partial charge in [-0.05, 0) is 56.6 Å². The number of amides is 2. The van der Waals surface area contributed by atoms with E-state index in [1.165, 1.54) is 4.90 Å². The van der Waals surface area contributed by atoms with Crippen LogP contribution in [-0.4, -0.2) is 46.2 Å². The first-order valence-corrected chi connectivity index (χ1v) is 8.42. The number of thiocarbonyl (C=S) groups is 1. The van der Waals surface area contributed by atoms with Gasteiger partial charge in [0.1, 0.15) is 5.57 Å². The summed E-state index contributed by atoms with van der Waals surface area (Å²) in [5.41, 5.74) is 3.07. The molecule has 0 bridgehead atoms. The fourth-order valence-electron chi connectivity index (χ4n) is 3.15. The summed E-state index contributed by atoms with van der Waals surface area (Å²) in [5, 5.41) is 2.66. The van der Waals surface area contributed by atoms with E-state index in [0.717, 1.165) is 42.9 Å². The van der Waals surface area contributed by atoms with Crippen LogP contribution in [0.3, 0.4) is 0 Å². The molecule has 0 unspecified atom stereocenters. The van der Waals surface area contributed by atoms with Gasteiger partial charge in [-0.15, -0.1) is 0 Å².